The zero-order valence-corrected chi connectivity index (χ0v) is 15.4. The molecule has 0 spiro atoms. The van der Waals surface area contributed by atoms with Crippen LogP contribution in [0.4, 0.5) is 13.2 Å². The summed E-state index contributed by atoms with van der Waals surface area (Å²) in [5.41, 5.74) is 2.39. The van der Waals surface area contributed by atoms with E-state index in [1.54, 1.807) is 11.6 Å². The van der Waals surface area contributed by atoms with Crippen LogP contribution in [0.2, 0.25) is 0 Å². The van der Waals surface area contributed by atoms with Crippen molar-refractivity contribution in [2.24, 2.45) is 5.16 Å². The predicted molar refractivity (Wildman–Crippen MR) is 95.9 cm³/mol. The van der Waals surface area contributed by atoms with Crippen LogP contribution < -0.4 is 4.74 Å². The highest BCUT2D eigenvalue weighted by Crippen LogP contribution is 2.39. The minimum atomic E-state index is -4.43. The summed E-state index contributed by atoms with van der Waals surface area (Å²) < 4.78 is 46.0. The van der Waals surface area contributed by atoms with Crippen molar-refractivity contribution in [2.75, 3.05) is 0 Å². The maximum absolute atomic E-state index is 12.9. The molecule has 3 aromatic rings. The first-order valence-electron chi connectivity index (χ1n) is 7.50. The average molecular weight is 443 g/mol. The van der Waals surface area contributed by atoms with Gasteiger partial charge in [0.25, 0.3) is 0 Å². The SMILES string of the molecule is FC(F)(F)c1cccc(Oc2cc([C@@H]3CC(Br)=NO3)cc3ncsc23)c1. The number of alkyl halides is 3. The van der Waals surface area contributed by atoms with Crippen molar-refractivity contribution in [3.63, 3.8) is 0 Å². The van der Waals surface area contributed by atoms with E-state index in [2.05, 4.69) is 26.1 Å². The Morgan fingerprint density at radius 2 is 2.08 bits per heavy atom. The number of hydrogen-bond acceptors (Lipinski definition) is 5. The molecular weight excluding hydrogens is 433 g/mol. The second kappa shape index (κ2) is 6.55. The molecule has 0 fully saturated rings. The Kier molecular flexibility index (Phi) is 4.36. The Morgan fingerprint density at radius 1 is 1.23 bits per heavy atom. The van der Waals surface area contributed by atoms with Crippen LogP contribution in [-0.4, -0.2) is 9.60 Å². The van der Waals surface area contributed by atoms with E-state index in [-0.39, 0.29) is 11.9 Å². The Morgan fingerprint density at radius 3 is 2.81 bits per heavy atom. The fourth-order valence-corrected chi connectivity index (χ4v) is 3.71. The van der Waals surface area contributed by atoms with Gasteiger partial charge in [0.05, 0.1) is 21.3 Å². The molecule has 4 nitrogen and oxygen atoms in total. The van der Waals surface area contributed by atoms with E-state index in [0.29, 0.717) is 22.3 Å². The smallest absolute Gasteiger partial charge is 0.416 e. The minimum Gasteiger partial charge on any atom is -0.456 e. The van der Waals surface area contributed by atoms with Gasteiger partial charge in [0.2, 0.25) is 0 Å². The van der Waals surface area contributed by atoms with E-state index < -0.39 is 11.7 Å². The van der Waals surface area contributed by atoms with Crippen LogP contribution >= 0.6 is 27.3 Å². The summed E-state index contributed by atoms with van der Waals surface area (Å²) >= 11 is 4.65. The van der Waals surface area contributed by atoms with Gasteiger partial charge in [-0.05, 0) is 46.3 Å². The largest absolute Gasteiger partial charge is 0.456 e. The highest BCUT2D eigenvalue weighted by Gasteiger charge is 2.31. The van der Waals surface area contributed by atoms with Crippen molar-refractivity contribution in [1.29, 1.82) is 0 Å². The van der Waals surface area contributed by atoms with Crippen LogP contribution in [0.1, 0.15) is 23.7 Å². The number of rotatable bonds is 3. The highest BCUT2D eigenvalue weighted by atomic mass is 79.9. The maximum atomic E-state index is 12.9. The number of nitrogens with zero attached hydrogens (tertiary/aromatic N) is 2. The van der Waals surface area contributed by atoms with Gasteiger partial charge in [-0.2, -0.15) is 13.2 Å². The first-order valence-corrected chi connectivity index (χ1v) is 9.18. The lowest BCUT2D eigenvalue weighted by molar-refractivity contribution is -0.137. The molecular formula is C17H10BrF3N2O2S. The van der Waals surface area contributed by atoms with Crippen molar-refractivity contribution < 1.29 is 22.7 Å². The van der Waals surface area contributed by atoms with Crippen LogP contribution in [0.15, 0.2) is 47.1 Å². The lowest BCUT2D eigenvalue weighted by atomic mass is 10.1. The van der Waals surface area contributed by atoms with Gasteiger partial charge in [0.1, 0.15) is 16.1 Å². The number of thiazole rings is 1. The minimum absolute atomic E-state index is 0.108. The lowest BCUT2D eigenvalue weighted by Gasteiger charge is -2.13. The Labute approximate surface area is 158 Å². The molecule has 0 radical (unpaired) electrons. The topological polar surface area (TPSA) is 43.7 Å². The van der Waals surface area contributed by atoms with E-state index in [9.17, 15) is 13.2 Å². The predicted octanol–water partition coefficient (Wildman–Crippen LogP) is 6.28. The first-order chi connectivity index (χ1) is 12.4. The zero-order valence-electron chi connectivity index (χ0n) is 13.0. The van der Waals surface area contributed by atoms with Crippen molar-refractivity contribution >= 4 is 42.1 Å². The first kappa shape index (κ1) is 17.3. The fraction of sp³-hybridized carbons (Fsp3) is 0.176. The summed E-state index contributed by atoms with van der Waals surface area (Å²) in [7, 11) is 0. The molecule has 1 atom stereocenters. The Balaban J connectivity index is 1.71. The molecule has 2 heterocycles. The van der Waals surface area contributed by atoms with Gasteiger partial charge in [0.15, 0.2) is 6.10 Å². The standard InChI is InChI=1S/C17H10BrF3N2O2S/c18-15-7-13(25-23-15)9-4-12-16(26-8-22-12)14(5-9)24-11-3-1-2-10(6-11)17(19,20)21/h1-6,8,13H,7H2/t13-/m0/s1. The van der Waals surface area contributed by atoms with Crippen LogP contribution in [0.25, 0.3) is 10.2 Å². The summed E-state index contributed by atoms with van der Waals surface area (Å²) in [5.74, 6) is 0.544. The Bertz CT molecular complexity index is 1000. The number of fused-ring (bicyclic) bond motifs is 1. The number of aromatic nitrogens is 1. The van der Waals surface area contributed by atoms with Crippen molar-refractivity contribution in [1.82, 2.24) is 4.98 Å². The van der Waals surface area contributed by atoms with Crippen molar-refractivity contribution in [3.8, 4) is 11.5 Å². The summed E-state index contributed by atoms with van der Waals surface area (Å²) in [6, 6.07) is 8.42. The number of ether oxygens (including phenoxy) is 1. The molecule has 0 N–H and O–H groups in total. The quantitative estimate of drug-likeness (QED) is 0.479. The van der Waals surface area contributed by atoms with E-state index in [4.69, 9.17) is 9.57 Å². The second-order valence-corrected chi connectivity index (χ2v) is 7.38. The van der Waals surface area contributed by atoms with Crippen LogP contribution in [-0.2, 0) is 11.0 Å². The van der Waals surface area contributed by atoms with Gasteiger partial charge in [-0.15, -0.1) is 11.3 Å². The molecule has 0 unspecified atom stereocenters. The molecule has 26 heavy (non-hydrogen) atoms. The molecule has 1 aliphatic heterocycles. The van der Waals surface area contributed by atoms with Gasteiger partial charge in [-0.3, -0.25) is 0 Å². The summed E-state index contributed by atoms with van der Waals surface area (Å²) in [5, 5.41) is 3.86. The molecule has 0 bridgehead atoms. The van der Waals surface area contributed by atoms with Crippen molar-refractivity contribution in [3.05, 3.63) is 53.0 Å². The monoisotopic (exact) mass is 442 g/mol. The van der Waals surface area contributed by atoms with Crippen LogP contribution in [0.5, 0.6) is 11.5 Å². The van der Waals surface area contributed by atoms with Gasteiger partial charge in [0, 0.05) is 12.0 Å². The van der Waals surface area contributed by atoms with Crippen molar-refractivity contribution in [2.45, 2.75) is 18.7 Å². The maximum Gasteiger partial charge on any atom is 0.416 e. The molecule has 4 rings (SSSR count). The summed E-state index contributed by atoms with van der Waals surface area (Å²) in [6.45, 7) is 0. The molecule has 9 heteroatoms. The summed E-state index contributed by atoms with van der Waals surface area (Å²) in [4.78, 5) is 9.64. The van der Waals surface area contributed by atoms with E-state index in [1.807, 2.05) is 6.07 Å². The van der Waals surface area contributed by atoms with Gasteiger partial charge >= 0.3 is 6.18 Å². The van der Waals surface area contributed by atoms with E-state index in [1.165, 1.54) is 23.5 Å². The Hall–Kier alpha value is -2.13. The third-order valence-corrected chi connectivity index (χ3v) is 5.14. The lowest BCUT2D eigenvalue weighted by Crippen LogP contribution is -2.04. The third kappa shape index (κ3) is 3.41. The molecule has 0 saturated carbocycles. The number of benzene rings is 2. The fourth-order valence-electron chi connectivity index (χ4n) is 2.61. The van der Waals surface area contributed by atoms with Gasteiger partial charge in [-0.25, -0.2) is 4.98 Å². The molecule has 0 aliphatic carbocycles. The molecule has 134 valence electrons. The van der Waals surface area contributed by atoms with Crippen LogP contribution in [0.3, 0.4) is 0 Å². The van der Waals surface area contributed by atoms with Gasteiger partial charge < -0.3 is 9.57 Å². The average Bonchev–Trinajstić information content (AvgIpc) is 3.23. The zero-order chi connectivity index (χ0) is 18.3. The number of oxime groups is 1. The molecule has 0 saturated heterocycles. The van der Waals surface area contributed by atoms with E-state index in [0.717, 1.165) is 22.4 Å². The van der Waals surface area contributed by atoms with Crippen LogP contribution in [0, 0.1) is 0 Å². The second-order valence-electron chi connectivity index (χ2n) is 5.61. The summed E-state index contributed by atoms with van der Waals surface area (Å²) in [6.07, 6.45) is -4.15. The molecule has 1 aromatic heterocycles. The molecule has 1 aliphatic rings. The normalized spacial score (nSPS) is 17.2. The molecule has 0 amide bonds. The molecule has 2 aromatic carbocycles. The number of halogens is 4. The van der Waals surface area contributed by atoms with Gasteiger partial charge in [-0.1, -0.05) is 11.2 Å². The number of hydrogen-bond donors (Lipinski definition) is 0. The highest BCUT2D eigenvalue weighted by molar-refractivity contribution is 9.18. The van der Waals surface area contributed by atoms with E-state index >= 15 is 0 Å². The third-order valence-electron chi connectivity index (χ3n) is 3.81.